The van der Waals surface area contributed by atoms with Gasteiger partial charge in [-0.25, -0.2) is 0 Å². The van der Waals surface area contributed by atoms with Crippen LogP contribution in [0.25, 0.3) is 0 Å². The molecule has 0 fully saturated rings. The Kier molecular flexibility index (Phi) is 23.7. The maximum absolute atomic E-state index is 15.2. The molecule has 0 aromatic rings. The minimum absolute atomic E-state index is 0.311. The van der Waals surface area contributed by atoms with Crippen molar-refractivity contribution in [3.8, 4) is 0 Å². The Morgan fingerprint density at radius 2 is 0.792 bits per heavy atom. The highest BCUT2D eigenvalue weighted by Crippen LogP contribution is 2.56. The van der Waals surface area contributed by atoms with E-state index in [1.54, 1.807) is 5.57 Å². The molecular weight excluding hydrogens is 641 g/mol. The van der Waals surface area contributed by atoms with Gasteiger partial charge in [0.25, 0.3) is 0 Å². The first-order valence-electron chi connectivity index (χ1n) is 24.3. The van der Waals surface area contributed by atoms with Gasteiger partial charge in [-0.1, -0.05) is 231 Å². The van der Waals surface area contributed by atoms with Crippen molar-refractivity contribution in [3.63, 3.8) is 0 Å². The molecule has 0 saturated heterocycles. The second kappa shape index (κ2) is 27.3. The molecule has 0 heterocycles. The van der Waals surface area contributed by atoms with Gasteiger partial charge < -0.3 is 0 Å². The summed E-state index contributed by atoms with van der Waals surface area (Å²) in [6.45, 7) is 13.9. The molecule has 3 aliphatic carbocycles. The summed E-state index contributed by atoms with van der Waals surface area (Å²) in [5, 5.41) is 0. The molecule has 2 atom stereocenters. The predicted molar refractivity (Wildman–Crippen MR) is 236 cm³/mol. The van der Waals surface area contributed by atoms with Crippen LogP contribution < -0.4 is 0 Å². The summed E-state index contributed by atoms with van der Waals surface area (Å²) in [6, 6.07) is 0. The maximum Gasteiger partial charge on any atom is 0.173 e. The number of unbranched alkanes of at least 4 members (excludes halogenated alkanes) is 20. The van der Waals surface area contributed by atoms with Gasteiger partial charge in [0.15, 0.2) is 5.78 Å². The number of allylic oxidation sites excluding steroid dienone is 8. The van der Waals surface area contributed by atoms with E-state index in [-0.39, 0.29) is 5.41 Å². The smallest absolute Gasteiger partial charge is 0.173 e. The number of rotatable bonds is 34. The lowest BCUT2D eigenvalue weighted by molar-refractivity contribution is -0.123. The molecule has 3 rings (SSSR count). The number of carbonyl (C=O) groups excluding carboxylic acids is 1. The zero-order valence-corrected chi connectivity index (χ0v) is 36.8. The molecule has 0 aliphatic heterocycles. The van der Waals surface area contributed by atoms with Crippen LogP contribution in [0.1, 0.15) is 260 Å². The number of hydrogen-bond donors (Lipinski definition) is 0. The minimum Gasteiger partial charge on any atom is -0.293 e. The Balaban J connectivity index is 1.81. The van der Waals surface area contributed by atoms with Crippen molar-refractivity contribution in [3.05, 3.63) is 45.6 Å². The molecule has 2 unspecified atom stereocenters. The van der Waals surface area contributed by atoms with Crippen LogP contribution in [-0.4, -0.2) is 5.78 Å². The third-order valence-corrected chi connectivity index (χ3v) is 13.7. The molecule has 1 nitrogen and oxygen atoms in total. The molecule has 0 amide bonds. The zero-order chi connectivity index (χ0) is 38.2. The molecule has 304 valence electrons. The molecule has 0 N–H and O–H groups in total. The molecule has 3 aliphatic rings. The summed E-state index contributed by atoms with van der Waals surface area (Å²) in [5.74, 6) is 2.06. The van der Waals surface area contributed by atoms with E-state index in [0.29, 0.717) is 5.78 Å². The maximum atomic E-state index is 15.2. The van der Waals surface area contributed by atoms with Crippen molar-refractivity contribution in [1.82, 2.24) is 0 Å². The first-order valence-corrected chi connectivity index (χ1v) is 24.3. The van der Waals surface area contributed by atoms with Crippen molar-refractivity contribution >= 4 is 5.78 Å². The number of hydrogen-bond acceptors (Lipinski definition) is 1. The highest BCUT2D eigenvalue weighted by atomic mass is 16.1. The topological polar surface area (TPSA) is 17.1 Å². The standard InChI is InChI=1S/C52H90O/c1-7-11-15-19-21-25-29-33-45(31-27-23-17-13-9-3)35-37-52(50-42-44(6)40-48(50)47-39-43(5)41-49(47)51(52)53)38-36-46(32-28-24-18-14-10-4)34-30-26-22-20-16-12-8-2/h41-42,45-46H,7-40H2,1-6H3. The van der Waals surface area contributed by atoms with E-state index in [2.05, 4.69) is 53.7 Å². The summed E-state index contributed by atoms with van der Waals surface area (Å²) in [7, 11) is 0. The van der Waals surface area contributed by atoms with Crippen LogP contribution in [0.2, 0.25) is 0 Å². The number of Topliss-reactive ketones (excluding diaryl/α,β-unsaturated/α-hetero) is 1. The van der Waals surface area contributed by atoms with Crippen molar-refractivity contribution in [2.24, 2.45) is 17.3 Å². The second-order valence-corrected chi connectivity index (χ2v) is 18.6. The first kappa shape index (κ1) is 46.0. The molecule has 0 aromatic heterocycles. The third kappa shape index (κ3) is 16.0. The van der Waals surface area contributed by atoms with Crippen LogP contribution in [0.3, 0.4) is 0 Å². The van der Waals surface area contributed by atoms with E-state index in [0.717, 1.165) is 43.1 Å². The SMILES string of the molecule is CCCCCCCCCC(CCCCCCC)CCC1(CCC(CCCCCCC)CCCCCCCCC)C(=O)C2=C(CC(C)=C2)C2=C1C=C(C)C2. The van der Waals surface area contributed by atoms with E-state index < -0.39 is 0 Å². The van der Waals surface area contributed by atoms with Gasteiger partial charge >= 0.3 is 0 Å². The van der Waals surface area contributed by atoms with Crippen LogP contribution in [0.15, 0.2) is 45.6 Å². The van der Waals surface area contributed by atoms with Gasteiger partial charge in [-0.2, -0.15) is 0 Å². The summed E-state index contributed by atoms with van der Waals surface area (Å²) < 4.78 is 0. The zero-order valence-electron chi connectivity index (χ0n) is 36.8. The Hall–Kier alpha value is -1.37. The average molecular weight is 731 g/mol. The largest absolute Gasteiger partial charge is 0.293 e. The average Bonchev–Trinajstić information content (AvgIpc) is 3.75. The van der Waals surface area contributed by atoms with Gasteiger partial charge in [0.2, 0.25) is 0 Å². The monoisotopic (exact) mass is 731 g/mol. The molecule has 0 bridgehead atoms. The normalized spacial score (nSPS) is 19.5. The summed E-state index contributed by atoms with van der Waals surface area (Å²) in [5.41, 5.74) is 8.13. The Morgan fingerprint density at radius 3 is 1.19 bits per heavy atom. The lowest BCUT2D eigenvalue weighted by Gasteiger charge is -2.40. The van der Waals surface area contributed by atoms with Crippen LogP contribution in [0.4, 0.5) is 0 Å². The molecule has 0 saturated carbocycles. The molecule has 53 heavy (non-hydrogen) atoms. The van der Waals surface area contributed by atoms with Crippen molar-refractivity contribution in [2.75, 3.05) is 0 Å². The van der Waals surface area contributed by atoms with Crippen LogP contribution in [-0.2, 0) is 4.79 Å². The Labute approximate surface area is 332 Å². The molecule has 0 aromatic carbocycles. The molecule has 0 radical (unpaired) electrons. The van der Waals surface area contributed by atoms with Gasteiger partial charge in [-0.3, -0.25) is 4.79 Å². The van der Waals surface area contributed by atoms with E-state index in [9.17, 15) is 0 Å². The van der Waals surface area contributed by atoms with Crippen molar-refractivity contribution in [1.29, 1.82) is 0 Å². The molecule has 1 heteroatoms. The van der Waals surface area contributed by atoms with Gasteiger partial charge in [0.1, 0.15) is 0 Å². The van der Waals surface area contributed by atoms with Gasteiger partial charge in [0, 0.05) is 5.57 Å². The number of ketones is 1. The van der Waals surface area contributed by atoms with E-state index in [4.69, 9.17) is 0 Å². The summed E-state index contributed by atoms with van der Waals surface area (Å²) >= 11 is 0. The minimum atomic E-state index is -0.311. The first-order chi connectivity index (χ1) is 25.9. The third-order valence-electron chi connectivity index (χ3n) is 13.7. The van der Waals surface area contributed by atoms with Crippen LogP contribution in [0, 0.1) is 17.3 Å². The molecule has 0 spiro atoms. The fraction of sp³-hybridized carbons (Fsp3) is 0.827. The quantitative estimate of drug-likeness (QED) is 0.0603. The highest BCUT2D eigenvalue weighted by molar-refractivity contribution is 6.09. The van der Waals surface area contributed by atoms with E-state index in [1.165, 1.54) is 215 Å². The highest BCUT2D eigenvalue weighted by Gasteiger charge is 2.49. The van der Waals surface area contributed by atoms with Crippen molar-refractivity contribution < 1.29 is 4.79 Å². The van der Waals surface area contributed by atoms with Crippen LogP contribution >= 0.6 is 0 Å². The Bertz CT molecular complexity index is 1100. The number of fused-ring (bicyclic) bond motifs is 1. The molecular formula is C52H90O. The fourth-order valence-electron chi connectivity index (χ4n) is 10.3. The van der Waals surface area contributed by atoms with E-state index in [1.807, 2.05) is 0 Å². The fourth-order valence-corrected chi connectivity index (χ4v) is 10.3. The lowest BCUT2D eigenvalue weighted by atomic mass is 9.61. The Morgan fingerprint density at radius 1 is 0.453 bits per heavy atom. The predicted octanol–water partition coefficient (Wildman–Crippen LogP) is 17.6. The van der Waals surface area contributed by atoms with E-state index >= 15 is 4.79 Å². The number of carbonyl (C=O) groups is 1. The summed E-state index contributed by atoms with van der Waals surface area (Å²) in [4.78, 5) is 15.2. The summed E-state index contributed by atoms with van der Waals surface area (Å²) in [6.07, 6.45) is 50.3. The lowest BCUT2D eigenvalue weighted by Crippen LogP contribution is -2.38. The van der Waals surface area contributed by atoms with Gasteiger partial charge in [-0.15, -0.1) is 0 Å². The van der Waals surface area contributed by atoms with Crippen LogP contribution in [0.5, 0.6) is 0 Å². The van der Waals surface area contributed by atoms with Gasteiger partial charge in [0.05, 0.1) is 5.41 Å². The van der Waals surface area contributed by atoms with Gasteiger partial charge in [-0.05, 0) is 80.9 Å². The second-order valence-electron chi connectivity index (χ2n) is 18.6. The van der Waals surface area contributed by atoms with Crippen molar-refractivity contribution in [2.45, 2.75) is 260 Å².